The van der Waals surface area contributed by atoms with Crippen LogP contribution in [0, 0.1) is 5.92 Å². The summed E-state index contributed by atoms with van der Waals surface area (Å²) >= 11 is 0. The molecule has 1 amide bonds. The van der Waals surface area contributed by atoms with Crippen molar-refractivity contribution in [2.45, 2.75) is 38.1 Å². The van der Waals surface area contributed by atoms with Crippen LogP contribution in [0.1, 0.15) is 49.4 Å². The van der Waals surface area contributed by atoms with Gasteiger partial charge in [0.1, 0.15) is 0 Å². The van der Waals surface area contributed by atoms with Crippen molar-refractivity contribution in [1.29, 1.82) is 0 Å². The standard InChI is InChI=1S/C27H32N2O5/c1-31-21-11-10-19(15-22(21)32-2)25(29-27(30)17-8-6-5-7-9-17)26-20-16-24(34-4)23(33-3)14-18(20)12-13-28-26/h10-17,25H,5-9H2,1-4H3,(H,29,30)/t25-/m0/s1. The van der Waals surface area contributed by atoms with Crippen molar-refractivity contribution in [3.8, 4) is 23.0 Å². The predicted octanol–water partition coefficient (Wildman–Crippen LogP) is 5.06. The Morgan fingerprint density at radius 1 is 0.853 bits per heavy atom. The van der Waals surface area contributed by atoms with E-state index in [0.29, 0.717) is 23.0 Å². The molecule has 0 saturated heterocycles. The second-order valence-electron chi connectivity index (χ2n) is 8.52. The minimum absolute atomic E-state index is 0.0148. The lowest BCUT2D eigenvalue weighted by molar-refractivity contribution is -0.126. The SMILES string of the molecule is COc1ccc([C@H](NC(=O)C2CCCCC2)c2nccc3cc(OC)c(OC)cc23)cc1OC. The molecule has 0 spiro atoms. The normalized spacial score (nSPS) is 14.9. The minimum Gasteiger partial charge on any atom is -0.493 e. The topological polar surface area (TPSA) is 78.9 Å². The fraction of sp³-hybridized carbons (Fsp3) is 0.407. The van der Waals surface area contributed by atoms with E-state index >= 15 is 0 Å². The Morgan fingerprint density at radius 3 is 2.18 bits per heavy atom. The molecule has 1 atom stereocenters. The molecule has 7 nitrogen and oxygen atoms in total. The summed E-state index contributed by atoms with van der Waals surface area (Å²) in [4.78, 5) is 18.1. The van der Waals surface area contributed by atoms with Crippen molar-refractivity contribution in [3.05, 3.63) is 53.9 Å². The van der Waals surface area contributed by atoms with Gasteiger partial charge in [-0.15, -0.1) is 0 Å². The van der Waals surface area contributed by atoms with Crippen LogP contribution in [-0.2, 0) is 4.79 Å². The molecular formula is C27H32N2O5. The van der Waals surface area contributed by atoms with Crippen molar-refractivity contribution < 1.29 is 23.7 Å². The molecule has 1 N–H and O–H groups in total. The third-order valence-corrected chi connectivity index (χ3v) is 6.58. The Balaban J connectivity index is 1.84. The van der Waals surface area contributed by atoms with E-state index in [1.807, 2.05) is 36.4 Å². The summed E-state index contributed by atoms with van der Waals surface area (Å²) in [5.41, 5.74) is 1.59. The zero-order valence-corrected chi connectivity index (χ0v) is 20.2. The van der Waals surface area contributed by atoms with E-state index < -0.39 is 6.04 Å². The molecule has 1 aliphatic rings. The zero-order valence-electron chi connectivity index (χ0n) is 20.2. The van der Waals surface area contributed by atoms with E-state index in [1.165, 1.54) is 6.42 Å². The molecule has 7 heteroatoms. The maximum Gasteiger partial charge on any atom is 0.223 e. The average molecular weight is 465 g/mol. The second-order valence-corrected chi connectivity index (χ2v) is 8.52. The summed E-state index contributed by atoms with van der Waals surface area (Å²) < 4.78 is 22.0. The summed E-state index contributed by atoms with van der Waals surface area (Å²) in [6.07, 6.45) is 6.95. The van der Waals surface area contributed by atoms with Gasteiger partial charge < -0.3 is 24.3 Å². The van der Waals surface area contributed by atoms with Gasteiger partial charge in [-0.2, -0.15) is 0 Å². The number of nitrogens with one attached hydrogen (secondary N) is 1. The van der Waals surface area contributed by atoms with Crippen LogP contribution in [0.2, 0.25) is 0 Å². The van der Waals surface area contributed by atoms with E-state index in [9.17, 15) is 4.79 Å². The Morgan fingerprint density at radius 2 is 1.50 bits per heavy atom. The first kappa shape index (κ1) is 23.7. The van der Waals surface area contributed by atoms with Gasteiger partial charge in [-0.3, -0.25) is 9.78 Å². The van der Waals surface area contributed by atoms with Gasteiger partial charge in [0.05, 0.1) is 40.2 Å². The molecule has 4 rings (SSSR count). The lowest BCUT2D eigenvalue weighted by atomic mass is 9.88. The number of methoxy groups -OCH3 is 4. The number of carbonyl (C=O) groups excluding carboxylic acids is 1. The van der Waals surface area contributed by atoms with Crippen molar-refractivity contribution in [2.75, 3.05) is 28.4 Å². The average Bonchev–Trinajstić information content (AvgIpc) is 2.90. The van der Waals surface area contributed by atoms with Gasteiger partial charge in [-0.1, -0.05) is 25.3 Å². The number of rotatable bonds is 8. The molecule has 0 aliphatic heterocycles. The van der Waals surface area contributed by atoms with Crippen molar-refractivity contribution in [3.63, 3.8) is 0 Å². The Labute approximate surface area is 200 Å². The van der Waals surface area contributed by atoms with E-state index in [4.69, 9.17) is 23.9 Å². The lowest BCUT2D eigenvalue weighted by Gasteiger charge is -2.26. The number of aromatic nitrogens is 1. The highest BCUT2D eigenvalue weighted by Gasteiger charge is 2.27. The van der Waals surface area contributed by atoms with Gasteiger partial charge in [-0.05, 0) is 54.1 Å². The molecule has 34 heavy (non-hydrogen) atoms. The van der Waals surface area contributed by atoms with E-state index in [1.54, 1.807) is 34.6 Å². The zero-order chi connectivity index (χ0) is 24.1. The first-order valence-electron chi connectivity index (χ1n) is 11.6. The van der Waals surface area contributed by atoms with Crippen LogP contribution in [0.25, 0.3) is 10.8 Å². The molecule has 0 unspecified atom stereocenters. The first-order valence-corrected chi connectivity index (χ1v) is 11.6. The summed E-state index contributed by atoms with van der Waals surface area (Å²) in [5, 5.41) is 5.12. The van der Waals surface area contributed by atoms with Crippen LogP contribution >= 0.6 is 0 Å². The van der Waals surface area contributed by atoms with Gasteiger partial charge in [0.25, 0.3) is 0 Å². The smallest absolute Gasteiger partial charge is 0.223 e. The van der Waals surface area contributed by atoms with Crippen LogP contribution in [0.5, 0.6) is 23.0 Å². The number of carbonyl (C=O) groups is 1. The quantitative estimate of drug-likeness (QED) is 0.502. The molecule has 1 heterocycles. The number of hydrogen-bond acceptors (Lipinski definition) is 6. The van der Waals surface area contributed by atoms with Crippen LogP contribution in [0.3, 0.4) is 0 Å². The maximum absolute atomic E-state index is 13.4. The fourth-order valence-electron chi connectivity index (χ4n) is 4.72. The van der Waals surface area contributed by atoms with Gasteiger partial charge in [0.2, 0.25) is 5.91 Å². The molecule has 0 bridgehead atoms. The number of benzene rings is 2. The van der Waals surface area contributed by atoms with E-state index in [2.05, 4.69) is 5.32 Å². The van der Waals surface area contributed by atoms with Gasteiger partial charge >= 0.3 is 0 Å². The molecule has 0 radical (unpaired) electrons. The summed E-state index contributed by atoms with van der Waals surface area (Å²) in [5.74, 6) is 2.53. The number of amides is 1. The molecule has 1 saturated carbocycles. The van der Waals surface area contributed by atoms with Crippen LogP contribution < -0.4 is 24.3 Å². The van der Waals surface area contributed by atoms with Crippen LogP contribution in [-0.4, -0.2) is 39.3 Å². The van der Waals surface area contributed by atoms with E-state index in [-0.39, 0.29) is 11.8 Å². The number of ether oxygens (including phenoxy) is 4. The maximum atomic E-state index is 13.4. The highest BCUT2D eigenvalue weighted by Crippen LogP contribution is 2.38. The van der Waals surface area contributed by atoms with Crippen LogP contribution in [0.4, 0.5) is 0 Å². The Hall–Kier alpha value is -3.48. The van der Waals surface area contributed by atoms with Crippen molar-refractivity contribution in [1.82, 2.24) is 10.3 Å². The molecule has 3 aromatic rings. The highest BCUT2D eigenvalue weighted by molar-refractivity contribution is 5.89. The Kier molecular flexibility index (Phi) is 7.40. The summed E-state index contributed by atoms with van der Waals surface area (Å²) in [6, 6.07) is 11.0. The summed E-state index contributed by atoms with van der Waals surface area (Å²) in [6.45, 7) is 0. The third-order valence-electron chi connectivity index (χ3n) is 6.58. The molecule has 1 fully saturated rings. The van der Waals surface area contributed by atoms with Gasteiger partial charge in [-0.25, -0.2) is 0 Å². The number of pyridine rings is 1. The lowest BCUT2D eigenvalue weighted by Crippen LogP contribution is -2.36. The number of hydrogen-bond donors (Lipinski definition) is 1. The third kappa shape index (κ3) is 4.74. The molecule has 2 aromatic carbocycles. The molecule has 1 aliphatic carbocycles. The van der Waals surface area contributed by atoms with Crippen LogP contribution in [0.15, 0.2) is 42.6 Å². The van der Waals surface area contributed by atoms with Crippen molar-refractivity contribution in [2.24, 2.45) is 5.92 Å². The highest BCUT2D eigenvalue weighted by atomic mass is 16.5. The largest absolute Gasteiger partial charge is 0.493 e. The second kappa shape index (κ2) is 10.6. The Bertz CT molecular complexity index is 1160. The summed E-state index contributed by atoms with van der Waals surface area (Å²) in [7, 11) is 6.43. The monoisotopic (exact) mass is 464 g/mol. The molecular weight excluding hydrogens is 432 g/mol. The number of fused-ring (bicyclic) bond motifs is 1. The predicted molar refractivity (Wildman–Crippen MR) is 131 cm³/mol. The molecule has 180 valence electrons. The van der Waals surface area contributed by atoms with Gasteiger partial charge in [0, 0.05) is 17.5 Å². The fourth-order valence-corrected chi connectivity index (χ4v) is 4.72. The minimum atomic E-state index is -0.476. The van der Waals surface area contributed by atoms with E-state index in [0.717, 1.165) is 47.7 Å². The van der Waals surface area contributed by atoms with Gasteiger partial charge in [0.15, 0.2) is 23.0 Å². The number of nitrogens with zero attached hydrogens (tertiary/aromatic N) is 1. The first-order chi connectivity index (χ1) is 16.6. The van der Waals surface area contributed by atoms with Crippen molar-refractivity contribution >= 4 is 16.7 Å². The molecule has 1 aromatic heterocycles.